The predicted octanol–water partition coefficient (Wildman–Crippen LogP) is 3.36. The van der Waals surface area contributed by atoms with Gasteiger partial charge in [-0.05, 0) is 25.8 Å². The highest BCUT2D eigenvalue weighted by Crippen LogP contribution is 2.19. The van der Waals surface area contributed by atoms with E-state index in [1.165, 1.54) is 22.5 Å². The van der Waals surface area contributed by atoms with E-state index in [0.29, 0.717) is 6.42 Å². The fourth-order valence-corrected chi connectivity index (χ4v) is 2.56. The average molecular weight is 274 g/mol. The lowest BCUT2D eigenvalue weighted by Crippen LogP contribution is -2.26. The van der Waals surface area contributed by atoms with E-state index in [1.54, 1.807) is 11.9 Å². The fraction of sp³-hybridized carbons (Fsp3) is 0.333. The molecule has 0 N–H and O–H groups in total. The summed E-state index contributed by atoms with van der Waals surface area (Å²) in [5.74, 6) is 0.106. The van der Waals surface area contributed by atoms with Crippen molar-refractivity contribution in [1.29, 1.82) is 0 Å². The number of rotatable bonds is 4. The van der Waals surface area contributed by atoms with E-state index in [0.717, 1.165) is 17.2 Å². The summed E-state index contributed by atoms with van der Waals surface area (Å²) in [5.41, 5.74) is 3.39. The van der Waals surface area contributed by atoms with Gasteiger partial charge in [0.2, 0.25) is 5.91 Å². The molecule has 0 unspecified atom stereocenters. The van der Waals surface area contributed by atoms with Gasteiger partial charge in [0.15, 0.2) is 5.13 Å². The quantitative estimate of drug-likeness (QED) is 0.856. The maximum atomic E-state index is 12.1. The van der Waals surface area contributed by atoms with Crippen LogP contribution in [0.15, 0.2) is 29.6 Å². The van der Waals surface area contributed by atoms with Crippen molar-refractivity contribution >= 4 is 22.4 Å². The second-order valence-electron chi connectivity index (χ2n) is 4.71. The van der Waals surface area contributed by atoms with Crippen LogP contribution in [0.1, 0.15) is 23.2 Å². The lowest BCUT2D eigenvalue weighted by atomic mass is 10.1. The van der Waals surface area contributed by atoms with Crippen LogP contribution in [0.4, 0.5) is 5.13 Å². The minimum atomic E-state index is 0.106. The molecule has 0 atom stereocenters. The van der Waals surface area contributed by atoms with Gasteiger partial charge in [0.1, 0.15) is 0 Å². The van der Waals surface area contributed by atoms with Gasteiger partial charge in [-0.3, -0.25) is 9.69 Å². The van der Waals surface area contributed by atoms with Crippen LogP contribution in [-0.2, 0) is 11.2 Å². The third kappa shape index (κ3) is 3.64. The number of aryl methyl sites for hydroxylation is 3. The van der Waals surface area contributed by atoms with Gasteiger partial charge in [0.05, 0.1) is 5.69 Å². The molecule has 0 spiro atoms. The van der Waals surface area contributed by atoms with Gasteiger partial charge in [0.25, 0.3) is 0 Å². The van der Waals surface area contributed by atoms with Crippen molar-refractivity contribution in [2.24, 2.45) is 0 Å². The molecule has 19 heavy (non-hydrogen) atoms. The SMILES string of the molecule is Cc1ccc(CCC(=O)N(C)c2nc(C)cs2)cc1. The molecule has 2 aromatic rings. The van der Waals surface area contributed by atoms with Crippen LogP contribution in [0.3, 0.4) is 0 Å². The summed E-state index contributed by atoms with van der Waals surface area (Å²) in [6.07, 6.45) is 1.28. The van der Waals surface area contributed by atoms with E-state index in [-0.39, 0.29) is 5.91 Å². The molecule has 0 saturated carbocycles. The molecule has 0 aliphatic rings. The number of carbonyl (C=O) groups is 1. The van der Waals surface area contributed by atoms with Gasteiger partial charge in [-0.15, -0.1) is 11.3 Å². The summed E-state index contributed by atoms with van der Waals surface area (Å²) in [5, 5.41) is 2.73. The van der Waals surface area contributed by atoms with Gasteiger partial charge in [-0.1, -0.05) is 29.8 Å². The Morgan fingerprint density at radius 3 is 2.53 bits per heavy atom. The van der Waals surface area contributed by atoms with E-state index in [2.05, 4.69) is 36.2 Å². The molecule has 0 aliphatic heterocycles. The van der Waals surface area contributed by atoms with Crippen molar-refractivity contribution in [3.63, 3.8) is 0 Å². The molecule has 0 bridgehead atoms. The Balaban J connectivity index is 1.92. The number of anilines is 1. The zero-order valence-electron chi connectivity index (χ0n) is 11.5. The summed E-state index contributed by atoms with van der Waals surface area (Å²) in [4.78, 5) is 18.1. The largest absolute Gasteiger partial charge is 0.291 e. The molecule has 0 radical (unpaired) electrons. The van der Waals surface area contributed by atoms with Crippen LogP contribution >= 0.6 is 11.3 Å². The first-order valence-corrected chi connectivity index (χ1v) is 7.18. The molecule has 0 fully saturated rings. The molecule has 1 aromatic heterocycles. The molecule has 0 saturated heterocycles. The Morgan fingerprint density at radius 2 is 1.95 bits per heavy atom. The number of hydrogen-bond acceptors (Lipinski definition) is 3. The highest BCUT2D eigenvalue weighted by Gasteiger charge is 2.13. The summed E-state index contributed by atoms with van der Waals surface area (Å²) < 4.78 is 0. The Kier molecular flexibility index (Phi) is 4.32. The lowest BCUT2D eigenvalue weighted by molar-refractivity contribution is -0.118. The first-order chi connectivity index (χ1) is 9.06. The maximum Gasteiger partial charge on any atom is 0.228 e. The number of amides is 1. The number of aromatic nitrogens is 1. The van der Waals surface area contributed by atoms with Crippen LogP contribution in [0.2, 0.25) is 0 Å². The van der Waals surface area contributed by atoms with Crippen LogP contribution < -0.4 is 4.90 Å². The van der Waals surface area contributed by atoms with Crippen molar-refractivity contribution in [3.8, 4) is 0 Å². The average Bonchev–Trinajstić information content (AvgIpc) is 2.83. The second-order valence-corrected chi connectivity index (χ2v) is 5.55. The maximum absolute atomic E-state index is 12.1. The standard InChI is InChI=1S/C15H18N2OS/c1-11-4-6-13(7-5-11)8-9-14(18)17(3)15-16-12(2)10-19-15/h4-7,10H,8-9H2,1-3H3. The monoisotopic (exact) mass is 274 g/mol. The summed E-state index contributed by atoms with van der Waals surface area (Å²) in [7, 11) is 1.79. The first-order valence-electron chi connectivity index (χ1n) is 6.30. The number of nitrogens with zero attached hydrogens (tertiary/aromatic N) is 2. The molecule has 1 heterocycles. The van der Waals surface area contributed by atoms with Crippen LogP contribution in [-0.4, -0.2) is 17.9 Å². The Morgan fingerprint density at radius 1 is 1.26 bits per heavy atom. The van der Waals surface area contributed by atoms with Crippen LogP contribution in [0, 0.1) is 13.8 Å². The Hall–Kier alpha value is -1.68. The minimum Gasteiger partial charge on any atom is -0.291 e. The zero-order chi connectivity index (χ0) is 13.8. The smallest absolute Gasteiger partial charge is 0.228 e. The molecule has 4 heteroatoms. The third-order valence-electron chi connectivity index (χ3n) is 3.02. The van der Waals surface area contributed by atoms with Crippen molar-refractivity contribution in [2.75, 3.05) is 11.9 Å². The molecule has 0 aliphatic carbocycles. The third-order valence-corrected chi connectivity index (χ3v) is 4.05. The van der Waals surface area contributed by atoms with Crippen LogP contribution in [0.25, 0.3) is 0 Å². The van der Waals surface area contributed by atoms with E-state index in [1.807, 2.05) is 12.3 Å². The van der Waals surface area contributed by atoms with E-state index in [4.69, 9.17) is 0 Å². The summed E-state index contributed by atoms with van der Waals surface area (Å²) >= 11 is 1.50. The lowest BCUT2D eigenvalue weighted by Gasteiger charge is -2.13. The van der Waals surface area contributed by atoms with E-state index in [9.17, 15) is 4.79 Å². The first kappa shape index (κ1) is 13.7. The summed E-state index contributed by atoms with van der Waals surface area (Å²) in [6.45, 7) is 4.00. The van der Waals surface area contributed by atoms with E-state index >= 15 is 0 Å². The molecule has 3 nitrogen and oxygen atoms in total. The normalized spacial score (nSPS) is 10.5. The van der Waals surface area contributed by atoms with Gasteiger partial charge in [-0.2, -0.15) is 0 Å². The number of hydrogen-bond donors (Lipinski definition) is 0. The minimum absolute atomic E-state index is 0.106. The number of benzene rings is 1. The van der Waals surface area contributed by atoms with Crippen molar-refractivity contribution in [2.45, 2.75) is 26.7 Å². The molecular formula is C15H18N2OS. The van der Waals surface area contributed by atoms with Crippen molar-refractivity contribution < 1.29 is 4.79 Å². The molecule has 1 amide bonds. The van der Waals surface area contributed by atoms with Gasteiger partial charge in [-0.25, -0.2) is 4.98 Å². The fourth-order valence-electron chi connectivity index (χ4n) is 1.78. The highest BCUT2D eigenvalue weighted by molar-refractivity contribution is 7.14. The number of thiazole rings is 1. The molecule has 2 rings (SSSR count). The zero-order valence-corrected chi connectivity index (χ0v) is 12.3. The second kappa shape index (κ2) is 5.97. The molecule has 100 valence electrons. The predicted molar refractivity (Wildman–Crippen MR) is 79.8 cm³/mol. The van der Waals surface area contributed by atoms with Gasteiger partial charge < -0.3 is 0 Å². The topological polar surface area (TPSA) is 33.2 Å². The number of carbonyl (C=O) groups excluding carboxylic acids is 1. The highest BCUT2D eigenvalue weighted by atomic mass is 32.1. The molecule has 1 aromatic carbocycles. The summed E-state index contributed by atoms with van der Waals surface area (Å²) in [6, 6.07) is 8.31. The van der Waals surface area contributed by atoms with Gasteiger partial charge in [0, 0.05) is 18.8 Å². The van der Waals surface area contributed by atoms with E-state index < -0.39 is 0 Å². The van der Waals surface area contributed by atoms with Crippen molar-refractivity contribution in [1.82, 2.24) is 4.98 Å². The Labute approximate surface area is 117 Å². The van der Waals surface area contributed by atoms with Crippen molar-refractivity contribution in [3.05, 3.63) is 46.5 Å². The Bertz CT molecular complexity index is 560. The molecular weight excluding hydrogens is 256 g/mol. The van der Waals surface area contributed by atoms with Crippen LogP contribution in [0.5, 0.6) is 0 Å². The van der Waals surface area contributed by atoms with Gasteiger partial charge >= 0.3 is 0 Å².